The van der Waals surface area contributed by atoms with Gasteiger partial charge in [-0.3, -0.25) is 9.55 Å². The van der Waals surface area contributed by atoms with Crippen molar-refractivity contribution in [2.45, 2.75) is 0 Å². The molecule has 3 heterocycles. The van der Waals surface area contributed by atoms with Gasteiger partial charge in [0.2, 0.25) is 0 Å². The average molecular weight is 850 g/mol. The van der Waals surface area contributed by atoms with Crippen LogP contribution >= 0.6 is 0 Å². The topological polar surface area (TPSA) is 30.7 Å². The molecular formula is C64H39N3. The first-order valence-electron chi connectivity index (χ1n) is 23.0. The van der Waals surface area contributed by atoms with Crippen LogP contribution in [0.4, 0.5) is 0 Å². The smallest absolute Gasteiger partial charge is 0.145 e. The van der Waals surface area contributed by atoms with Gasteiger partial charge in [-0.25, -0.2) is 4.98 Å². The van der Waals surface area contributed by atoms with Crippen molar-refractivity contribution >= 4 is 21.9 Å². The number of pyridine rings is 2. The summed E-state index contributed by atoms with van der Waals surface area (Å²) < 4.78 is 2.32. The standard InChI is InChI=1S/C64H39N3/c1-4-20-49-45(16-1)46-17-2-6-22-51(46)61-39-44(67-62-27-10-9-23-55(62)58-26-13-35-66-64(58)67)30-33-53(61)52-31-28-42(37-59(49)52)40-14-11-15-41(36-40)43-29-32-54-57-25-12-34-65-63(57)56-24-8-7-19-48(56)47-18-3-5-21-50(47)60(54)38-43/h1-39H. The minimum atomic E-state index is 0.958. The fraction of sp³-hybridized carbons (Fsp3) is 0. The minimum absolute atomic E-state index is 0.958. The zero-order valence-electron chi connectivity index (χ0n) is 36.4. The van der Waals surface area contributed by atoms with Crippen LogP contribution in [-0.2, 0) is 0 Å². The van der Waals surface area contributed by atoms with Crippen LogP contribution in [-0.4, -0.2) is 14.5 Å². The lowest BCUT2D eigenvalue weighted by Crippen LogP contribution is -2.00. The first kappa shape index (κ1) is 37.5. The highest BCUT2D eigenvalue weighted by molar-refractivity contribution is 6.09. The van der Waals surface area contributed by atoms with Crippen molar-refractivity contribution in [2.24, 2.45) is 0 Å². The molecule has 0 unspecified atom stereocenters. The van der Waals surface area contributed by atoms with Gasteiger partial charge in [0.05, 0.1) is 11.2 Å². The number of para-hydroxylation sites is 1. The molecule has 0 N–H and O–H groups in total. The molecule has 310 valence electrons. The summed E-state index contributed by atoms with van der Waals surface area (Å²) >= 11 is 0. The van der Waals surface area contributed by atoms with Gasteiger partial charge >= 0.3 is 0 Å². The Bertz CT molecular complexity index is 3940. The minimum Gasteiger partial charge on any atom is -0.294 e. The maximum atomic E-state index is 4.97. The quantitative estimate of drug-likeness (QED) is 0.177. The van der Waals surface area contributed by atoms with Gasteiger partial charge in [0.15, 0.2) is 0 Å². The van der Waals surface area contributed by atoms with E-state index in [1.165, 1.54) is 100.0 Å². The van der Waals surface area contributed by atoms with E-state index in [4.69, 9.17) is 9.97 Å². The van der Waals surface area contributed by atoms with Crippen molar-refractivity contribution in [2.75, 3.05) is 0 Å². The van der Waals surface area contributed by atoms with E-state index in [-0.39, 0.29) is 0 Å². The summed E-state index contributed by atoms with van der Waals surface area (Å²) in [5.74, 6) is 0. The highest BCUT2D eigenvalue weighted by atomic mass is 15.0. The Morgan fingerprint density at radius 2 is 0.672 bits per heavy atom. The van der Waals surface area contributed by atoms with Gasteiger partial charge in [-0.15, -0.1) is 0 Å². The Kier molecular flexibility index (Phi) is 8.28. The molecule has 0 aliphatic heterocycles. The first-order chi connectivity index (χ1) is 33.2. The molecule has 2 aliphatic rings. The number of fused-ring (bicyclic) bond motifs is 19. The second kappa shape index (κ2) is 14.8. The molecule has 12 aromatic rings. The fourth-order valence-corrected chi connectivity index (χ4v) is 11.0. The number of nitrogens with zero attached hydrogens (tertiary/aromatic N) is 3. The number of benzene rings is 9. The van der Waals surface area contributed by atoms with Crippen LogP contribution in [0.2, 0.25) is 0 Å². The van der Waals surface area contributed by atoms with Crippen LogP contribution in [0.15, 0.2) is 237 Å². The SMILES string of the molecule is c1cc(-c2ccc3c(c2)-c2ccccc2-c2ccccc2-c2cc(-n4c5ccccc5c5cccnc54)ccc2-3)cc(-c2ccc3c(c2)-c2ccccc2-c2ccccc2-c2ncccc2-3)c1. The predicted octanol–water partition coefficient (Wildman–Crippen LogP) is 16.9. The molecule has 2 aliphatic carbocycles. The largest absolute Gasteiger partial charge is 0.294 e. The molecule has 0 fully saturated rings. The second-order valence-corrected chi connectivity index (χ2v) is 17.6. The van der Waals surface area contributed by atoms with E-state index in [0.29, 0.717) is 0 Å². The molecule has 0 bridgehead atoms. The van der Waals surface area contributed by atoms with E-state index in [1.807, 2.05) is 18.5 Å². The summed E-state index contributed by atoms with van der Waals surface area (Å²) in [6, 6.07) is 82.4. The molecule has 3 heteroatoms. The van der Waals surface area contributed by atoms with Crippen molar-refractivity contribution in [3.8, 4) is 117 Å². The number of rotatable bonds is 3. The molecule has 0 saturated carbocycles. The lowest BCUT2D eigenvalue weighted by atomic mass is 9.80. The first-order valence-corrected chi connectivity index (χ1v) is 23.0. The molecule has 0 saturated heterocycles. The van der Waals surface area contributed by atoms with Crippen molar-refractivity contribution in [1.29, 1.82) is 0 Å². The summed E-state index contributed by atoms with van der Waals surface area (Å²) in [5.41, 5.74) is 26.9. The van der Waals surface area contributed by atoms with Gasteiger partial charge in [0, 0.05) is 40.0 Å². The molecule has 0 atom stereocenters. The van der Waals surface area contributed by atoms with Crippen molar-refractivity contribution in [3.63, 3.8) is 0 Å². The van der Waals surface area contributed by atoms with Crippen LogP contribution in [0.1, 0.15) is 0 Å². The number of hydrogen-bond acceptors (Lipinski definition) is 2. The Morgan fingerprint density at radius 1 is 0.254 bits per heavy atom. The molecule has 0 radical (unpaired) electrons. The lowest BCUT2D eigenvalue weighted by Gasteiger charge is -2.24. The van der Waals surface area contributed by atoms with Crippen LogP contribution in [0, 0.1) is 0 Å². The Balaban J connectivity index is 0.926. The van der Waals surface area contributed by atoms with Crippen LogP contribution in [0.3, 0.4) is 0 Å². The van der Waals surface area contributed by atoms with Crippen LogP contribution in [0.25, 0.3) is 139 Å². The van der Waals surface area contributed by atoms with E-state index in [1.54, 1.807) is 0 Å². The van der Waals surface area contributed by atoms with E-state index in [9.17, 15) is 0 Å². The zero-order chi connectivity index (χ0) is 44.0. The predicted molar refractivity (Wildman–Crippen MR) is 278 cm³/mol. The van der Waals surface area contributed by atoms with Gasteiger partial charge < -0.3 is 0 Å². The normalized spacial score (nSPS) is 11.9. The summed E-state index contributed by atoms with van der Waals surface area (Å²) in [5, 5.41) is 2.35. The van der Waals surface area contributed by atoms with E-state index in [0.717, 1.165) is 39.1 Å². The Labute approximate surface area is 388 Å². The van der Waals surface area contributed by atoms with Gasteiger partial charge in [-0.1, -0.05) is 170 Å². The molecule has 0 spiro atoms. The van der Waals surface area contributed by atoms with E-state index >= 15 is 0 Å². The van der Waals surface area contributed by atoms with Gasteiger partial charge in [0.1, 0.15) is 5.65 Å². The van der Waals surface area contributed by atoms with Crippen LogP contribution in [0.5, 0.6) is 0 Å². The average Bonchev–Trinajstić information content (AvgIpc) is 3.74. The number of aromatic nitrogens is 3. The highest BCUT2D eigenvalue weighted by Gasteiger charge is 2.25. The second-order valence-electron chi connectivity index (χ2n) is 17.6. The monoisotopic (exact) mass is 849 g/mol. The third-order valence-electron chi connectivity index (χ3n) is 14.1. The maximum Gasteiger partial charge on any atom is 0.145 e. The lowest BCUT2D eigenvalue weighted by molar-refractivity contribution is 1.14. The zero-order valence-corrected chi connectivity index (χ0v) is 36.4. The maximum absolute atomic E-state index is 4.97. The Morgan fingerprint density at radius 3 is 1.30 bits per heavy atom. The van der Waals surface area contributed by atoms with Crippen molar-refractivity contribution in [1.82, 2.24) is 14.5 Å². The molecule has 67 heavy (non-hydrogen) atoms. The van der Waals surface area contributed by atoms with E-state index < -0.39 is 0 Å². The molecule has 0 amide bonds. The number of hydrogen-bond donors (Lipinski definition) is 0. The van der Waals surface area contributed by atoms with Gasteiger partial charge in [-0.05, 0) is 149 Å². The summed E-state index contributed by atoms with van der Waals surface area (Å²) in [7, 11) is 0. The third-order valence-corrected chi connectivity index (χ3v) is 14.1. The highest BCUT2D eigenvalue weighted by Crippen LogP contribution is 2.51. The molecule has 14 rings (SSSR count). The van der Waals surface area contributed by atoms with Crippen LogP contribution < -0.4 is 0 Å². The van der Waals surface area contributed by atoms with Gasteiger partial charge in [0.25, 0.3) is 0 Å². The molecular weight excluding hydrogens is 811 g/mol. The van der Waals surface area contributed by atoms with Crippen molar-refractivity contribution in [3.05, 3.63) is 237 Å². The summed E-state index contributed by atoms with van der Waals surface area (Å²) in [6.07, 6.45) is 3.80. The fourth-order valence-electron chi connectivity index (χ4n) is 11.0. The molecule has 3 nitrogen and oxygen atoms in total. The molecule has 9 aromatic carbocycles. The van der Waals surface area contributed by atoms with E-state index in [2.05, 4.69) is 223 Å². The summed E-state index contributed by atoms with van der Waals surface area (Å²) in [4.78, 5) is 9.90. The van der Waals surface area contributed by atoms with Gasteiger partial charge in [-0.2, -0.15) is 0 Å². The Hall–Kier alpha value is -8.92. The summed E-state index contributed by atoms with van der Waals surface area (Å²) in [6.45, 7) is 0. The molecule has 3 aromatic heterocycles. The van der Waals surface area contributed by atoms with Crippen molar-refractivity contribution < 1.29 is 0 Å². The third kappa shape index (κ3) is 5.78.